The van der Waals surface area contributed by atoms with E-state index in [-0.39, 0.29) is 17.4 Å². The molecule has 0 aliphatic carbocycles. The van der Waals surface area contributed by atoms with Crippen molar-refractivity contribution in [3.63, 3.8) is 0 Å². The lowest BCUT2D eigenvalue weighted by atomic mass is 10.2. The van der Waals surface area contributed by atoms with Gasteiger partial charge in [-0.1, -0.05) is 5.16 Å². The van der Waals surface area contributed by atoms with E-state index in [9.17, 15) is 4.79 Å². The Kier molecular flexibility index (Phi) is 2.82. The third-order valence-corrected chi connectivity index (χ3v) is 2.39. The molecular weight excluding hydrogens is 220 g/mol. The van der Waals surface area contributed by atoms with Gasteiger partial charge < -0.3 is 14.5 Å². The van der Waals surface area contributed by atoms with Crippen molar-refractivity contribution in [1.82, 2.24) is 5.16 Å². The lowest BCUT2D eigenvalue weighted by Crippen LogP contribution is -2.26. The van der Waals surface area contributed by atoms with Gasteiger partial charge in [0.2, 0.25) is 0 Å². The van der Waals surface area contributed by atoms with E-state index in [0.29, 0.717) is 11.4 Å². The Bertz CT molecular complexity index is 531. The summed E-state index contributed by atoms with van der Waals surface area (Å²) in [7, 11) is 1.64. The van der Waals surface area contributed by atoms with Gasteiger partial charge in [-0.15, -0.1) is 0 Å². The number of anilines is 1. The molecule has 2 aromatic rings. The minimum Gasteiger partial charge on any atom is -0.508 e. The number of benzene rings is 1. The van der Waals surface area contributed by atoms with E-state index in [2.05, 4.69) is 5.16 Å². The highest BCUT2D eigenvalue weighted by Gasteiger charge is 2.17. The molecule has 0 spiro atoms. The summed E-state index contributed by atoms with van der Waals surface area (Å²) in [6.45, 7) is 1.73. The Labute approximate surface area is 98.3 Å². The molecule has 2 rings (SSSR count). The lowest BCUT2D eigenvalue weighted by Gasteiger charge is -2.15. The molecule has 17 heavy (non-hydrogen) atoms. The first-order chi connectivity index (χ1) is 8.08. The molecule has 0 unspecified atom stereocenters. The van der Waals surface area contributed by atoms with Crippen molar-refractivity contribution in [2.24, 2.45) is 0 Å². The van der Waals surface area contributed by atoms with Gasteiger partial charge in [-0.2, -0.15) is 0 Å². The van der Waals surface area contributed by atoms with Crippen LogP contribution in [0.15, 0.2) is 34.9 Å². The van der Waals surface area contributed by atoms with E-state index >= 15 is 0 Å². The van der Waals surface area contributed by atoms with Crippen molar-refractivity contribution in [3.8, 4) is 5.75 Å². The number of rotatable bonds is 2. The fourth-order valence-electron chi connectivity index (χ4n) is 1.43. The molecule has 1 aromatic heterocycles. The van der Waals surface area contributed by atoms with Crippen molar-refractivity contribution in [2.45, 2.75) is 6.92 Å². The summed E-state index contributed by atoms with van der Waals surface area (Å²) in [5.74, 6) is 0.492. The Morgan fingerprint density at radius 2 is 2.00 bits per heavy atom. The summed E-state index contributed by atoms with van der Waals surface area (Å²) >= 11 is 0. The van der Waals surface area contributed by atoms with E-state index in [1.807, 2.05) is 0 Å². The summed E-state index contributed by atoms with van der Waals surface area (Å²) in [6, 6.07) is 7.93. The number of nitrogens with zero attached hydrogens (tertiary/aromatic N) is 2. The van der Waals surface area contributed by atoms with Gasteiger partial charge in [-0.3, -0.25) is 4.79 Å². The van der Waals surface area contributed by atoms with Gasteiger partial charge in [0, 0.05) is 18.8 Å². The summed E-state index contributed by atoms with van der Waals surface area (Å²) in [5.41, 5.74) is 0.937. The predicted molar refractivity (Wildman–Crippen MR) is 62.1 cm³/mol. The quantitative estimate of drug-likeness (QED) is 0.859. The van der Waals surface area contributed by atoms with Crippen LogP contribution in [-0.4, -0.2) is 23.2 Å². The highest BCUT2D eigenvalue weighted by atomic mass is 16.5. The van der Waals surface area contributed by atoms with E-state index in [1.54, 1.807) is 32.2 Å². The minimum atomic E-state index is -0.257. The molecule has 1 heterocycles. The molecule has 0 aliphatic rings. The molecule has 5 heteroatoms. The van der Waals surface area contributed by atoms with Crippen molar-refractivity contribution >= 4 is 11.6 Å². The molecule has 0 fully saturated rings. The van der Waals surface area contributed by atoms with Crippen LogP contribution in [0.3, 0.4) is 0 Å². The number of phenols is 1. The Morgan fingerprint density at radius 3 is 2.53 bits per heavy atom. The van der Waals surface area contributed by atoms with Gasteiger partial charge in [-0.25, -0.2) is 0 Å². The van der Waals surface area contributed by atoms with E-state index in [4.69, 9.17) is 9.63 Å². The van der Waals surface area contributed by atoms with Gasteiger partial charge in [-0.05, 0) is 31.2 Å². The number of phenolic OH excluding ortho intramolecular Hbond substituents is 1. The largest absolute Gasteiger partial charge is 0.508 e. The smallest absolute Gasteiger partial charge is 0.280 e. The van der Waals surface area contributed by atoms with Gasteiger partial charge >= 0.3 is 0 Å². The number of amides is 1. The molecule has 1 aromatic carbocycles. The first-order valence-electron chi connectivity index (χ1n) is 5.08. The second-order valence-corrected chi connectivity index (χ2v) is 3.70. The summed E-state index contributed by atoms with van der Waals surface area (Å²) in [4.78, 5) is 13.4. The predicted octanol–water partition coefficient (Wildman–Crippen LogP) is 1.97. The van der Waals surface area contributed by atoms with Crippen LogP contribution in [-0.2, 0) is 0 Å². The fraction of sp³-hybridized carbons (Fsp3) is 0.167. The highest BCUT2D eigenvalue weighted by molar-refractivity contribution is 6.04. The van der Waals surface area contributed by atoms with Crippen molar-refractivity contribution in [1.29, 1.82) is 0 Å². The molecule has 5 nitrogen and oxygen atoms in total. The van der Waals surface area contributed by atoms with Crippen LogP contribution in [0.25, 0.3) is 0 Å². The SMILES string of the molecule is Cc1cc(C(=O)N(C)c2ccc(O)cc2)no1. The zero-order chi connectivity index (χ0) is 12.4. The first kappa shape index (κ1) is 11.2. The molecule has 0 radical (unpaired) electrons. The molecule has 0 saturated heterocycles. The van der Waals surface area contributed by atoms with Crippen molar-refractivity contribution in [2.75, 3.05) is 11.9 Å². The Hall–Kier alpha value is -2.30. The second-order valence-electron chi connectivity index (χ2n) is 3.70. The third kappa shape index (κ3) is 2.28. The maximum absolute atomic E-state index is 12.0. The number of aryl methyl sites for hydroxylation is 1. The first-order valence-corrected chi connectivity index (χ1v) is 5.08. The van der Waals surface area contributed by atoms with Gasteiger partial charge in [0.05, 0.1) is 0 Å². The van der Waals surface area contributed by atoms with Crippen LogP contribution < -0.4 is 4.90 Å². The maximum Gasteiger partial charge on any atom is 0.280 e. The second kappa shape index (κ2) is 4.29. The number of hydrogen-bond acceptors (Lipinski definition) is 4. The summed E-state index contributed by atoms with van der Waals surface area (Å²) in [5, 5.41) is 12.8. The Morgan fingerprint density at radius 1 is 1.35 bits per heavy atom. The lowest BCUT2D eigenvalue weighted by molar-refractivity contribution is 0.0984. The average Bonchev–Trinajstić information content (AvgIpc) is 2.75. The number of carbonyl (C=O) groups is 1. The van der Waals surface area contributed by atoms with Gasteiger partial charge in [0.15, 0.2) is 5.69 Å². The molecule has 0 atom stereocenters. The molecule has 1 amide bonds. The van der Waals surface area contributed by atoms with Crippen LogP contribution >= 0.6 is 0 Å². The van der Waals surface area contributed by atoms with E-state index in [1.165, 1.54) is 17.0 Å². The maximum atomic E-state index is 12.0. The van der Waals surface area contributed by atoms with E-state index < -0.39 is 0 Å². The topological polar surface area (TPSA) is 66.6 Å². The van der Waals surface area contributed by atoms with Gasteiger partial charge in [0.1, 0.15) is 11.5 Å². The summed E-state index contributed by atoms with van der Waals surface area (Å²) in [6.07, 6.45) is 0. The average molecular weight is 232 g/mol. The number of carbonyl (C=O) groups excluding carboxylic acids is 1. The molecule has 1 N–H and O–H groups in total. The van der Waals surface area contributed by atoms with Gasteiger partial charge in [0.25, 0.3) is 5.91 Å². The molecule has 0 aliphatic heterocycles. The fourth-order valence-corrected chi connectivity index (χ4v) is 1.43. The summed E-state index contributed by atoms with van der Waals surface area (Å²) < 4.78 is 4.85. The zero-order valence-electron chi connectivity index (χ0n) is 9.54. The van der Waals surface area contributed by atoms with Crippen LogP contribution in [0, 0.1) is 6.92 Å². The number of aromatic hydroxyl groups is 1. The van der Waals surface area contributed by atoms with Crippen LogP contribution in [0.2, 0.25) is 0 Å². The third-order valence-electron chi connectivity index (χ3n) is 2.39. The van der Waals surface area contributed by atoms with Crippen LogP contribution in [0.1, 0.15) is 16.2 Å². The monoisotopic (exact) mass is 232 g/mol. The molecule has 0 saturated carbocycles. The normalized spacial score (nSPS) is 10.2. The van der Waals surface area contributed by atoms with Crippen LogP contribution in [0.4, 0.5) is 5.69 Å². The standard InChI is InChI=1S/C12H12N2O3/c1-8-7-11(13-17-8)12(16)14(2)9-3-5-10(15)6-4-9/h3-7,15H,1-2H3. The zero-order valence-corrected chi connectivity index (χ0v) is 9.54. The van der Waals surface area contributed by atoms with Crippen molar-refractivity contribution < 1.29 is 14.4 Å². The minimum absolute atomic E-state index is 0.159. The highest BCUT2D eigenvalue weighted by Crippen LogP contribution is 2.18. The molecular formula is C12H12N2O3. The van der Waals surface area contributed by atoms with Crippen molar-refractivity contribution in [3.05, 3.63) is 41.8 Å². The van der Waals surface area contributed by atoms with E-state index in [0.717, 1.165) is 0 Å². The van der Waals surface area contributed by atoms with Crippen LogP contribution in [0.5, 0.6) is 5.75 Å². The molecule has 0 bridgehead atoms. The molecule has 88 valence electrons. The number of hydrogen-bond donors (Lipinski definition) is 1. The number of aromatic nitrogens is 1. The Balaban J connectivity index is 2.23.